The van der Waals surface area contributed by atoms with E-state index in [1.165, 1.54) is 0 Å². The molecule has 4 N–H and O–H groups in total. The van der Waals surface area contributed by atoms with Gasteiger partial charge in [-0.05, 0) is 0 Å². The van der Waals surface area contributed by atoms with Crippen molar-refractivity contribution in [2.24, 2.45) is 11.7 Å². The number of thiol groups is 1. The van der Waals surface area contributed by atoms with E-state index in [-0.39, 0.29) is 11.7 Å². The maximum atomic E-state index is 11.5. The molecule has 0 aromatic carbocycles. The monoisotopic (exact) mass is 289 g/mol. The Kier molecular flexibility index (Phi) is 7.51. The number of hydrogen-bond donors (Lipinski definition) is 4. The number of carbonyl (C=O) groups excluding carboxylic acids is 3. The molecule has 0 aromatic heterocycles. The van der Waals surface area contributed by atoms with Gasteiger partial charge >= 0.3 is 0 Å². The molecule has 6 nitrogen and oxygen atoms in total. The summed E-state index contributed by atoms with van der Waals surface area (Å²) >= 11 is 3.95. The summed E-state index contributed by atoms with van der Waals surface area (Å²) in [6, 6.07) is 0. The number of carbonyl (C=O) groups is 3. The van der Waals surface area contributed by atoms with E-state index in [0.717, 1.165) is 0 Å². The van der Waals surface area contributed by atoms with E-state index in [1.807, 2.05) is 0 Å². The van der Waals surface area contributed by atoms with Gasteiger partial charge in [0.1, 0.15) is 13.2 Å². The third-order valence-electron chi connectivity index (χ3n) is 2.00. The van der Waals surface area contributed by atoms with Crippen LogP contribution in [0.2, 0.25) is 0 Å². The van der Waals surface area contributed by atoms with E-state index in [2.05, 4.69) is 32.5 Å². The molecule has 9 heteroatoms. The van der Waals surface area contributed by atoms with E-state index in [4.69, 9.17) is 13.6 Å². The molecule has 0 saturated carbocycles. The van der Waals surface area contributed by atoms with Crippen LogP contribution >= 0.6 is 21.9 Å². The summed E-state index contributed by atoms with van der Waals surface area (Å²) in [6.07, 6.45) is 0. The lowest BCUT2D eigenvalue weighted by atomic mass is 9.95. The van der Waals surface area contributed by atoms with Crippen LogP contribution in [0.5, 0.6) is 0 Å². The van der Waals surface area contributed by atoms with Crippen LogP contribution in [0.3, 0.4) is 0 Å². The topological polar surface area (TPSA) is 101 Å². The summed E-state index contributed by atoms with van der Waals surface area (Å²) < 4.78 is 0. The van der Waals surface area contributed by atoms with Crippen LogP contribution in [0.4, 0.5) is 0 Å². The van der Waals surface area contributed by atoms with Crippen LogP contribution in [0, 0.1) is 5.92 Å². The Hall–Kier alpha value is -0.585. The second-order valence-electron chi connectivity index (χ2n) is 3.98. The Morgan fingerprint density at radius 3 is 2.11 bits per heavy atom. The lowest BCUT2D eigenvalue weighted by Crippen LogP contribution is -2.53. The van der Waals surface area contributed by atoms with E-state index in [9.17, 15) is 14.4 Å². The molecule has 0 spiro atoms. The van der Waals surface area contributed by atoms with Crippen LogP contribution < -0.4 is 16.4 Å². The predicted octanol–water partition coefficient (Wildman–Crippen LogP) is -1.65. The zero-order valence-electron chi connectivity index (χ0n) is 10.2. The van der Waals surface area contributed by atoms with Crippen molar-refractivity contribution in [2.45, 2.75) is 30.9 Å². The molecule has 18 heavy (non-hydrogen) atoms. The van der Waals surface area contributed by atoms with Gasteiger partial charge in [-0.25, -0.2) is 0 Å². The molecule has 0 heterocycles. The number of Topliss-reactive ketones (excluding diaryl/α,β-unsaturated/α-hetero) is 1. The summed E-state index contributed by atoms with van der Waals surface area (Å²) in [5, 5.41) is 3.53. The van der Waals surface area contributed by atoms with Gasteiger partial charge in [-0.3, -0.25) is 14.4 Å². The second kappa shape index (κ2) is 7.76. The van der Waals surface area contributed by atoms with Crippen molar-refractivity contribution in [1.82, 2.24) is 10.6 Å². The van der Waals surface area contributed by atoms with Gasteiger partial charge in [-0.2, -0.15) is 0 Å². The van der Waals surface area contributed by atoms with Crippen molar-refractivity contribution in [3.63, 3.8) is 0 Å². The Balaban J connectivity index is 4.32. The molecule has 0 aliphatic rings. The summed E-state index contributed by atoms with van der Waals surface area (Å²) in [7, 11) is 7.49. The summed E-state index contributed by atoms with van der Waals surface area (Å²) in [6.45, 7) is 3.37. The van der Waals surface area contributed by atoms with Gasteiger partial charge in [-0.1, -0.05) is 13.8 Å². The van der Waals surface area contributed by atoms with E-state index >= 15 is 0 Å². The number of nitrogens with two attached hydrogens (primary N) is 1. The largest absolute Gasteiger partial charge is 0.351 e. The molecule has 0 bridgehead atoms. The van der Waals surface area contributed by atoms with Gasteiger partial charge in [0.15, 0.2) is 5.78 Å². The lowest BCUT2D eigenvalue weighted by Gasteiger charge is -2.19. The Bertz CT molecular complexity index is 341. The molecule has 0 aliphatic heterocycles. The normalized spacial score (nSPS) is 15.7. The fourth-order valence-electron chi connectivity index (χ4n) is 0.926. The summed E-state index contributed by atoms with van der Waals surface area (Å²) in [5.74, 6) is -3.93. The molecule has 2 radical (unpaired) electrons. The standard InChI is InChI=1S/C9H17BN3O3PS/c1-3(2)4(14)9(18)13-7(15)5(10)12-8(16)6(11)17/h3,5-6,9,18H,11,17H2,1-2H3,(H,12,16)(H,13,15). The van der Waals surface area contributed by atoms with Gasteiger partial charge < -0.3 is 16.4 Å². The molecule has 0 fully saturated rings. The van der Waals surface area contributed by atoms with Gasteiger partial charge in [0.05, 0.1) is 11.7 Å². The fourth-order valence-corrected chi connectivity index (χ4v) is 1.45. The minimum Gasteiger partial charge on any atom is -0.351 e. The first kappa shape index (κ1) is 17.4. The maximum absolute atomic E-state index is 11.5. The summed E-state index contributed by atoms with van der Waals surface area (Å²) in [5.41, 5.74) is 5.27. The van der Waals surface area contributed by atoms with Crippen molar-refractivity contribution in [3.8, 4) is 0 Å². The predicted molar refractivity (Wildman–Crippen MR) is 76.1 cm³/mol. The quantitative estimate of drug-likeness (QED) is 0.204. The Labute approximate surface area is 115 Å². The number of rotatable bonds is 6. The molecule has 2 amide bonds. The molecule has 100 valence electrons. The number of ketones is 1. The molecule has 4 atom stereocenters. The van der Waals surface area contributed by atoms with Crippen molar-refractivity contribution in [2.75, 3.05) is 0 Å². The first-order valence-corrected chi connectivity index (χ1v) is 6.44. The highest BCUT2D eigenvalue weighted by Crippen LogP contribution is 2.03. The van der Waals surface area contributed by atoms with E-state index in [1.54, 1.807) is 13.8 Å². The molecular weight excluding hydrogens is 272 g/mol. The first-order valence-electron chi connectivity index (χ1n) is 5.26. The van der Waals surface area contributed by atoms with E-state index in [0.29, 0.717) is 0 Å². The molecule has 0 aliphatic carbocycles. The zero-order chi connectivity index (χ0) is 14.5. The van der Waals surface area contributed by atoms with Crippen molar-refractivity contribution in [3.05, 3.63) is 0 Å². The maximum Gasteiger partial charge on any atom is 0.240 e. The minimum absolute atomic E-state index is 0.243. The van der Waals surface area contributed by atoms with Crippen LogP contribution in [-0.2, 0) is 14.4 Å². The second-order valence-corrected chi connectivity index (χ2v) is 5.21. The highest BCUT2D eigenvalue weighted by atomic mass is 32.1. The molecule has 0 rings (SSSR count). The molecule has 0 saturated heterocycles. The molecule has 4 unspecified atom stereocenters. The van der Waals surface area contributed by atoms with Crippen molar-refractivity contribution < 1.29 is 14.4 Å². The average Bonchev–Trinajstić information content (AvgIpc) is 2.26. The van der Waals surface area contributed by atoms with Gasteiger partial charge in [-0.15, -0.1) is 21.9 Å². The van der Waals surface area contributed by atoms with Crippen molar-refractivity contribution in [1.29, 1.82) is 0 Å². The number of nitrogens with one attached hydrogen (secondary N) is 2. The van der Waals surface area contributed by atoms with Crippen molar-refractivity contribution >= 4 is 47.3 Å². The SMILES string of the molecule is [B]C(NC(=O)C(N)P)C(=O)NC(S)C(=O)C(C)C. The third-order valence-corrected chi connectivity index (χ3v) is 2.69. The summed E-state index contributed by atoms with van der Waals surface area (Å²) in [4.78, 5) is 34.2. The lowest BCUT2D eigenvalue weighted by molar-refractivity contribution is -0.129. The smallest absolute Gasteiger partial charge is 0.240 e. The first-order chi connectivity index (χ1) is 8.16. The number of hydrogen-bond acceptors (Lipinski definition) is 5. The Morgan fingerprint density at radius 1 is 1.22 bits per heavy atom. The van der Waals surface area contributed by atoms with Crippen LogP contribution in [0.15, 0.2) is 0 Å². The fraction of sp³-hybridized carbons (Fsp3) is 0.667. The third kappa shape index (κ3) is 5.84. The zero-order valence-corrected chi connectivity index (χ0v) is 12.3. The number of amides is 2. The minimum atomic E-state index is -1.28. The Morgan fingerprint density at radius 2 is 1.72 bits per heavy atom. The highest BCUT2D eigenvalue weighted by molar-refractivity contribution is 7.81. The van der Waals surface area contributed by atoms with Gasteiger partial charge in [0.2, 0.25) is 11.8 Å². The molecule has 0 aromatic rings. The van der Waals surface area contributed by atoms with Crippen LogP contribution in [0.25, 0.3) is 0 Å². The highest BCUT2D eigenvalue weighted by Gasteiger charge is 2.23. The van der Waals surface area contributed by atoms with E-state index < -0.39 is 28.9 Å². The van der Waals surface area contributed by atoms with Crippen LogP contribution in [-0.4, -0.2) is 42.5 Å². The molecular formula is C9H17BN3O3PS. The van der Waals surface area contributed by atoms with Gasteiger partial charge in [0.25, 0.3) is 0 Å². The van der Waals surface area contributed by atoms with Crippen LogP contribution in [0.1, 0.15) is 13.8 Å². The average molecular weight is 289 g/mol. The van der Waals surface area contributed by atoms with Gasteiger partial charge in [0, 0.05) is 5.92 Å².